The first-order chi connectivity index (χ1) is 12.3. The molecule has 1 fully saturated rings. The Morgan fingerprint density at radius 3 is 2.64 bits per heavy atom. The number of nitrogens with zero attached hydrogens (tertiary/aromatic N) is 3. The molecule has 0 aliphatic heterocycles. The van der Waals surface area contributed by atoms with Crippen molar-refractivity contribution in [2.75, 3.05) is 6.54 Å². The molecule has 1 aliphatic carbocycles. The zero-order valence-corrected chi connectivity index (χ0v) is 16.0. The van der Waals surface area contributed by atoms with Crippen LogP contribution in [0.5, 0.6) is 0 Å². The highest BCUT2D eigenvalue weighted by molar-refractivity contribution is 7.71. The fraction of sp³-hybridized carbons (Fsp3) is 0.368. The van der Waals surface area contributed by atoms with Crippen molar-refractivity contribution in [3.63, 3.8) is 0 Å². The van der Waals surface area contributed by atoms with Crippen molar-refractivity contribution in [1.29, 1.82) is 0 Å². The first kappa shape index (κ1) is 16.7. The molecule has 2 heterocycles. The number of rotatable bonds is 7. The normalized spacial score (nSPS) is 15.4. The van der Waals surface area contributed by atoms with E-state index in [9.17, 15) is 0 Å². The van der Waals surface area contributed by atoms with Crippen molar-refractivity contribution in [2.24, 2.45) is 0 Å². The molecule has 0 radical (unpaired) electrons. The van der Waals surface area contributed by atoms with Crippen molar-refractivity contribution in [2.45, 2.75) is 39.0 Å². The molecule has 0 saturated heterocycles. The topological polar surface area (TPSA) is 27.2 Å². The molecule has 1 unspecified atom stereocenters. The number of hydrogen-bond acceptors (Lipinski definition) is 3. The highest BCUT2D eigenvalue weighted by Gasteiger charge is 2.29. The second kappa shape index (κ2) is 7.23. The van der Waals surface area contributed by atoms with Gasteiger partial charge in [-0.3, -0.25) is 4.57 Å². The molecule has 1 aliphatic rings. The summed E-state index contributed by atoms with van der Waals surface area (Å²) in [5, 5.41) is 7.01. The minimum absolute atomic E-state index is 0.539. The number of thiophene rings is 1. The first-order valence-corrected chi connectivity index (χ1v) is 10.2. The lowest BCUT2D eigenvalue weighted by Gasteiger charge is -2.17. The predicted octanol–water partition coefficient (Wildman–Crippen LogP) is 3.54. The average molecular weight is 372 g/mol. The molecule has 6 heteroatoms. The van der Waals surface area contributed by atoms with E-state index in [1.165, 1.54) is 28.2 Å². The summed E-state index contributed by atoms with van der Waals surface area (Å²) in [6.45, 7) is 5.06. The van der Waals surface area contributed by atoms with Crippen LogP contribution < -0.4 is 4.90 Å². The van der Waals surface area contributed by atoms with Gasteiger partial charge in [-0.1, -0.05) is 36.4 Å². The molecule has 0 amide bonds. The summed E-state index contributed by atoms with van der Waals surface area (Å²) in [4.78, 5) is 2.67. The predicted molar refractivity (Wildman–Crippen MR) is 104 cm³/mol. The summed E-state index contributed by atoms with van der Waals surface area (Å²) < 4.78 is 5.17. The van der Waals surface area contributed by atoms with Gasteiger partial charge in [0.2, 0.25) is 4.77 Å². The van der Waals surface area contributed by atoms with E-state index >= 15 is 0 Å². The maximum atomic E-state index is 5.79. The Morgan fingerprint density at radius 2 is 2.00 bits per heavy atom. The van der Waals surface area contributed by atoms with Gasteiger partial charge in [-0.15, -0.1) is 16.4 Å². The van der Waals surface area contributed by atoms with Crippen LogP contribution in [0.15, 0.2) is 47.8 Å². The van der Waals surface area contributed by atoms with Crippen LogP contribution in [0.25, 0.3) is 10.7 Å². The molecule has 25 heavy (non-hydrogen) atoms. The summed E-state index contributed by atoms with van der Waals surface area (Å²) in [6.07, 6.45) is 2.43. The third-order valence-corrected chi connectivity index (χ3v) is 5.97. The Bertz CT molecular complexity index is 876. The molecule has 0 spiro atoms. The molecular weight excluding hydrogens is 348 g/mol. The molecular formula is C19H23N4S2+. The zero-order valence-electron chi connectivity index (χ0n) is 14.4. The second-order valence-corrected chi connectivity index (χ2v) is 7.92. The smallest absolute Gasteiger partial charge is 0.203 e. The van der Waals surface area contributed by atoms with Gasteiger partial charge >= 0.3 is 0 Å². The Morgan fingerprint density at radius 1 is 1.20 bits per heavy atom. The van der Waals surface area contributed by atoms with E-state index in [2.05, 4.69) is 59.3 Å². The van der Waals surface area contributed by atoms with Gasteiger partial charge < -0.3 is 4.90 Å². The minimum Gasteiger partial charge on any atom is -0.313 e. The second-order valence-electron chi connectivity index (χ2n) is 6.61. The third-order valence-electron chi connectivity index (χ3n) is 4.69. The van der Waals surface area contributed by atoms with Gasteiger partial charge in [-0.05, 0) is 43.4 Å². The Balaban J connectivity index is 1.61. The fourth-order valence-electron chi connectivity index (χ4n) is 3.15. The van der Waals surface area contributed by atoms with Crippen LogP contribution in [0.3, 0.4) is 0 Å². The van der Waals surface area contributed by atoms with Gasteiger partial charge in [-0.25, -0.2) is 0 Å². The maximum absolute atomic E-state index is 5.79. The summed E-state index contributed by atoms with van der Waals surface area (Å²) >= 11 is 7.52. The number of benzene rings is 1. The van der Waals surface area contributed by atoms with E-state index in [0.29, 0.717) is 6.04 Å². The average Bonchev–Trinajstić information content (AvgIpc) is 3.21. The van der Waals surface area contributed by atoms with Crippen LogP contribution in [0.1, 0.15) is 31.4 Å². The van der Waals surface area contributed by atoms with Crippen molar-refractivity contribution >= 4 is 23.6 Å². The molecule has 1 N–H and O–H groups in total. The fourth-order valence-corrected chi connectivity index (χ4v) is 4.19. The molecule has 4 rings (SSSR count). The minimum atomic E-state index is 0.539. The number of hydrogen-bond donors (Lipinski definition) is 1. The van der Waals surface area contributed by atoms with Crippen LogP contribution in [0, 0.1) is 4.77 Å². The Hall–Kier alpha value is -1.76. The van der Waals surface area contributed by atoms with Crippen LogP contribution in [0.2, 0.25) is 0 Å². The molecule has 1 atom stereocenters. The van der Waals surface area contributed by atoms with Gasteiger partial charge in [0.1, 0.15) is 6.54 Å². The van der Waals surface area contributed by atoms with E-state index in [4.69, 9.17) is 17.3 Å². The molecule has 130 valence electrons. The van der Waals surface area contributed by atoms with Crippen molar-refractivity contribution in [1.82, 2.24) is 14.3 Å². The van der Waals surface area contributed by atoms with E-state index < -0.39 is 0 Å². The van der Waals surface area contributed by atoms with Crippen LogP contribution in [0.4, 0.5) is 0 Å². The molecule has 2 aromatic heterocycles. The van der Waals surface area contributed by atoms with E-state index in [1.54, 1.807) is 11.3 Å². The molecule has 1 aromatic carbocycles. The van der Waals surface area contributed by atoms with Crippen molar-refractivity contribution < 1.29 is 4.90 Å². The SMILES string of the molecule is CC[NH+](Cc1ccccc1)Cn1nc(-c2cccs2)n(C2CC2)c1=S. The molecule has 3 aromatic rings. The quantitative estimate of drug-likeness (QED) is 0.643. The molecule has 0 bridgehead atoms. The van der Waals surface area contributed by atoms with Gasteiger partial charge in [0.25, 0.3) is 0 Å². The largest absolute Gasteiger partial charge is 0.313 e. The summed E-state index contributed by atoms with van der Waals surface area (Å²) in [7, 11) is 0. The highest BCUT2D eigenvalue weighted by Crippen LogP contribution is 2.39. The number of quaternary nitrogens is 1. The van der Waals surface area contributed by atoms with Gasteiger partial charge in [0.15, 0.2) is 12.5 Å². The van der Waals surface area contributed by atoms with Gasteiger partial charge in [0.05, 0.1) is 11.4 Å². The Kier molecular flexibility index (Phi) is 4.83. The Labute approximate surface area is 157 Å². The monoisotopic (exact) mass is 371 g/mol. The maximum Gasteiger partial charge on any atom is 0.203 e. The number of aromatic nitrogens is 3. The van der Waals surface area contributed by atoms with E-state index in [-0.39, 0.29) is 0 Å². The highest BCUT2D eigenvalue weighted by atomic mass is 32.1. The lowest BCUT2D eigenvalue weighted by Crippen LogP contribution is -3.09. The van der Waals surface area contributed by atoms with E-state index in [1.807, 2.05) is 4.68 Å². The van der Waals surface area contributed by atoms with E-state index in [0.717, 1.165) is 30.4 Å². The van der Waals surface area contributed by atoms with Crippen LogP contribution in [-0.2, 0) is 13.2 Å². The van der Waals surface area contributed by atoms with Crippen LogP contribution in [-0.4, -0.2) is 20.9 Å². The lowest BCUT2D eigenvalue weighted by molar-refractivity contribution is -0.935. The summed E-state index contributed by atoms with van der Waals surface area (Å²) in [6, 6.07) is 15.4. The summed E-state index contributed by atoms with van der Waals surface area (Å²) in [5.74, 6) is 1.04. The van der Waals surface area contributed by atoms with Crippen LogP contribution >= 0.6 is 23.6 Å². The van der Waals surface area contributed by atoms with Gasteiger partial charge in [-0.2, -0.15) is 4.68 Å². The number of nitrogens with one attached hydrogen (secondary N) is 1. The lowest BCUT2D eigenvalue weighted by atomic mass is 10.2. The van der Waals surface area contributed by atoms with Crippen molar-refractivity contribution in [3.05, 3.63) is 58.2 Å². The van der Waals surface area contributed by atoms with Crippen molar-refractivity contribution in [3.8, 4) is 10.7 Å². The first-order valence-electron chi connectivity index (χ1n) is 8.87. The third kappa shape index (κ3) is 3.61. The molecule has 1 saturated carbocycles. The van der Waals surface area contributed by atoms with Gasteiger partial charge in [0, 0.05) is 11.6 Å². The zero-order chi connectivity index (χ0) is 17.2. The standard InChI is InChI=1S/C19H22N4S2/c1-2-21(13-15-7-4-3-5-8-15)14-22-19(24)23(16-10-11-16)18(20-22)17-9-6-12-25-17/h3-9,12,16H,2,10-11,13-14H2,1H3/p+1. The summed E-state index contributed by atoms with van der Waals surface area (Å²) in [5.41, 5.74) is 1.35. The molecule has 4 nitrogen and oxygen atoms in total.